The van der Waals surface area contributed by atoms with Crippen molar-refractivity contribution in [1.82, 2.24) is 0 Å². The summed E-state index contributed by atoms with van der Waals surface area (Å²) < 4.78 is 69.0. The summed E-state index contributed by atoms with van der Waals surface area (Å²) in [5, 5.41) is 9.53. The van der Waals surface area contributed by atoms with Crippen molar-refractivity contribution in [3.05, 3.63) is 24.3 Å². The van der Waals surface area contributed by atoms with Gasteiger partial charge in [0.1, 0.15) is 5.75 Å². The van der Waals surface area contributed by atoms with Crippen molar-refractivity contribution >= 4 is 27.7 Å². The molecule has 144 valence electrons. The minimum absolute atomic E-state index is 0.0457. The van der Waals surface area contributed by atoms with Crippen LogP contribution in [0.25, 0.3) is 0 Å². The Morgan fingerprint density at radius 1 is 1.31 bits per heavy atom. The SMILES string of the molecule is CC[C@@]1(C(=O)O)[C@H](OS(=O)(=O)C(F)(F)F)C(=O)N1c1ccc(OC)cc1. The fourth-order valence-corrected chi connectivity index (χ4v) is 3.27. The number of carboxylic acid groups (broad SMARTS) is 1. The molecule has 1 aliphatic rings. The van der Waals surface area contributed by atoms with E-state index in [0.29, 0.717) is 10.6 Å². The van der Waals surface area contributed by atoms with Gasteiger partial charge < -0.3 is 9.84 Å². The molecule has 0 unspecified atom stereocenters. The Balaban J connectivity index is 2.46. The van der Waals surface area contributed by atoms with E-state index in [4.69, 9.17) is 4.74 Å². The Kier molecular flexibility index (Phi) is 4.94. The second-order valence-electron chi connectivity index (χ2n) is 5.33. The van der Waals surface area contributed by atoms with Gasteiger partial charge in [-0.2, -0.15) is 21.6 Å². The summed E-state index contributed by atoms with van der Waals surface area (Å²) >= 11 is 0. The van der Waals surface area contributed by atoms with Crippen molar-refractivity contribution in [2.75, 3.05) is 12.0 Å². The van der Waals surface area contributed by atoms with E-state index >= 15 is 0 Å². The molecular weight excluding hydrogens is 383 g/mol. The van der Waals surface area contributed by atoms with E-state index in [-0.39, 0.29) is 5.69 Å². The van der Waals surface area contributed by atoms with Crippen LogP contribution in [0, 0.1) is 0 Å². The maximum atomic E-state index is 12.5. The number of anilines is 1. The highest BCUT2D eigenvalue weighted by Gasteiger charge is 2.69. The van der Waals surface area contributed by atoms with Crippen LogP contribution in [0.3, 0.4) is 0 Å². The van der Waals surface area contributed by atoms with Crippen molar-refractivity contribution in [3.63, 3.8) is 0 Å². The molecule has 2 rings (SSSR count). The third-order valence-electron chi connectivity index (χ3n) is 4.02. The Morgan fingerprint density at radius 3 is 2.23 bits per heavy atom. The van der Waals surface area contributed by atoms with Crippen molar-refractivity contribution < 1.29 is 45.2 Å². The van der Waals surface area contributed by atoms with Crippen LogP contribution in [0.2, 0.25) is 0 Å². The third kappa shape index (κ3) is 2.88. The first-order valence-corrected chi connectivity index (χ1v) is 8.54. The van der Waals surface area contributed by atoms with Gasteiger partial charge in [-0.15, -0.1) is 0 Å². The number of halogens is 3. The van der Waals surface area contributed by atoms with Gasteiger partial charge in [-0.1, -0.05) is 6.92 Å². The molecule has 1 amide bonds. The molecule has 0 saturated carbocycles. The number of methoxy groups -OCH3 is 1. The first-order chi connectivity index (χ1) is 11.9. The van der Waals surface area contributed by atoms with E-state index in [1.807, 2.05) is 0 Å². The zero-order valence-electron chi connectivity index (χ0n) is 13.5. The standard InChI is InChI=1S/C14H14F3NO7S/c1-3-13(12(20)21)10(25-26(22,23)14(15,16)17)11(19)18(13)8-4-6-9(24-2)7-5-8/h4-7,10H,3H2,1-2H3,(H,20,21)/t10-,13+/m1/s1. The minimum Gasteiger partial charge on any atom is -0.497 e. The summed E-state index contributed by atoms with van der Waals surface area (Å²) in [6, 6.07) is 5.45. The molecule has 1 N–H and O–H groups in total. The Labute approximate surface area is 146 Å². The lowest BCUT2D eigenvalue weighted by atomic mass is 9.77. The molecule has 12 heteroatoms. The van der Waals surface area contributed by atoms with Crippen LogP contribution in [0.15, 0.2) is 24.3 Å². The number of nitrogens with zero attached hydrogens (tertiary/aromatic N) is 1. The van der Waals surface area contributed by atoms with Crippen LogP contribution in [0.1, 0.15) is 13.3 Å². The van der Waals surface area contributed by atoms with Gasteiger partial charge in [0.05, 0.1) is 7.11 Å². The van der Waals surface area contributed by atoms with Crippen molar-refractivity contribution in [3.8, 4) is 5.75 Å². The molecule has 1 fully saturated rings. The number of β-lactam (4-membered cyclic amide) rings is 1. The van der Waals surface area contributed by atoms with E-state index in [2.05, 4.69) is 4.18 Å². The van der Waals surface area contributed by atoms with Crippen molar-refractivity contribution in [2.24, 2.45) is 0 Å². The van der Waals surface area contributed by atoms with E-state index < -0.39 is 45.6 Å². The first kappa shape index (κ1) is 20.0. The molecule has 1 aromatic rings. The van der Waals surface area contributed by atoms with Gasteiger partial charge in [0, 0.05) is 5.69 Å². The van der Waals surface area contributed by atoms with E-state index in [1.165, 1.54) is 38.3 Å². The number of hydrogen-bond donors (Lipinski definition) is 1. The molecule has 2 atom stereocenters. The highest BCUT2D eigenvalue weighted by Crippen LogP contribution is 2.44. The number of ether oxygens (including phenoxy) is 1. The van der Waals surface area contributed by atoms with Crippen LogP contribution >= 0.6 is 0 Å². The molecular formula is C14H14F3NO7S. The Hall–Kier alpha value is -2.34. The Morgan fingerprint density at radius 2 is 1.85 bits per heavy atom. The smallest absolute Gasteiger partial charge is 0.497 e. The fraction of sp³-hybridized carbons (Fsp3) is 0.429. The van der Waals surface area contributed by atoms with Gasteiger partial charge in [-0.3, -0.25) is 9.69 Å². The number of rotatable bonds is 6. The second kappa shape index (κ2) is 6.43. The number of carbonyl (C=O) groups is 2. The van der Waals surface area contributed by atoms with Gasteiger partial charge in [0.2, 0.25) is 0 Å². The zero-order valence-corrected chi connectivity index (χ0v) is 14.3. The lowest BCUT2D eigenvalue weighted by molar-refractivity contribution is -0.163. The molecule has 8 nitrogen and oxygen atoms in total. The van der Waals surface area contributed by atoms with Crippen molar-refractivity contribution in [2.45, 2.75) is 30.5 Å². The topological polar surface area (TPSA) is 110 Å². The highest BCUT2D eigenvalue weighted by atomic mass is 32.2. The predicted octanol–water partition coefficient (Wildman–Crippen LogP) is 1.51. The minimum atomic E-state index is -6.15. The van der Waals surface area contributed by atoms with Gasteiger partial charge in [0.15, 0.2) is 11.6 Å². The molecule has 0 radical (unpaired) electrons. The highest BCUT2D eigenvalue weighted by molar-refractivity contribution is 7.87. The van der Waals surface area contributed by atoms with E-state index in [1.54, 1.807) is 0 Å². The van der Waals surface area contributed by atoms with Gasteiger partial charge in [-0.05, 0) is 30.7 Å². The van der Waals surface area contributed by atoms with Gasteiger partial charge in [-0.25, -0.2) is 8.98 Å². The lowest BCUT2D eigenvalue weighted by Gasteiger charge is -2.52. The summed E-state index contributed by atoms with van der Waals surface area (Å²) in [5.41, 5.74) is -8.04. The quantitative estimate of drug-likeness (QED) is 0.440. The van der Waals surface area contributed by atoms with Crippen LogP contribution < -0.4 is 9.64 Å². The molecule has 0 spiro atoms. The van der Waals surface area contributed by atoms with Crippen molar-refractivity contribution in [1.29, 1.82) is 0 Å². The lowest BCUT2D eigenvalue weighted by Crippen LogP contribution is -2.79. The van der Waals surface area contributed by atoms with Crippen LogP contribution in [0.4, 0.5) is 18.9 Å². The summed E-state index contributed by atoms with van der Waals surface area (Å²) in [6.07, 6.45) is -2.73. The average molecular weight is 397 g/mol. The van der Waals surface area contributed by atoms with Gasteiger partial charge in [0.25, 0.3) is 5.91 Å². The fourth-order valence-electron chi connectivity index (χ4n) is 2.66. The number of hydrogen-bond acceptors (Lipinski definition) is 6. The number of benzene rings is 1. The van der Waals surface area contributed by atoms with E-state index in [9.17, 15) is 36.3 Å². The normalized spacial score (nSPS) is 23.5. The largest absolute Gasteiger partial charge is 0.523 e. The molecule has 0 bridgehead atoms. The molecule has 1 heterocycles. The number of aliphatic carboxylic acids is 1. The number of amides is 1. The van der Waals surface area contributed by atoms with E-state index in [0.717, 1.165) is 0 Å². The molecule has 0 aliphatic carbocycles. The summed E-state index contributed by atoms with van der Waals surface area (Å²) in [4.78, 5) is 24.7. The third-order valence-corrected chi connectivity index (χ3v) is 5.04. The molecule has 1 aromatic carbocycles. The molecule has 1 saturated heterocycles. The van der Waals surface area contributed by atoms with Gasteiger partial charge >= 0.3 is 21.6 Å². The first-order valence-electron chi connectivity index (χ1n) is 7.13. The zero-order chi connectivity index (χ0) is 19.9. The second-order valence-corrected chi connectivity index (χ2v) is 6.89. The number of carboxylic acids is 1. The summed E-state index contributed by atoms with van der Waals surface area (Å²) in [7, 11) is -4.77. The van der Waals surface area contributed by atoms with Crippen LogP contribution in [-0.4, -0.2) is 49.7 Å². The monoisotopic (exact) mass is 397 g/mol. The van der Waals surface area contributed by atoms with Crippen LogP contribution in [0.5, 0.6) is 5.75 Å². The molecule has 0 aromatic heterocycles. The molecule has 1 aliphatic heterocycles. The Bertz CT molecular complexity index is 822. The maximum absolute atomic E-state index is 12.5. The average Bonchev–Trinajstić information content (AvgIpc) is 2.56. The summed E-state index contributed by atoms with van der Waals surface area (Å²) in [5.74, 6) is -2.52. The predicted molar refractivity (Wildman–Crippen MR) is 81.0 cm³/mol. The maximum Gasteiger partial charge on any atom is 0.523 e. The number of alkyl halides is 3. The number of carbonyl (C=O) groups excluding carboxylic acids is 1. The molecule has 26 heavy (non-hydrogen) atoms. The summed E-state index contributed by atoms with van der Waals surface area (Å²) in [6.45, 7) is 1.29. The van der Waals surface area contributed by atoms with Crippen LogP contribution in [-0.2, 0) is 23.9 Å².